The monoisotopic (exact) mass is 582 g/mol. The number of non-ortho nitro benzene ring substituents is 1. The largest absolute Gasteiger partial charge is 0.481 e. The van der Waals surface area contributed by atoms with Crippen molar-refractivity contribution in [3.63, 3.8) is 0 Å². The Morgan fingerprint density at radius 3 is 2.33 bits per heavy atom. The average molecular weight is 583 g/mol. The summed E-state index contributed by atoms with van der Waals surface area (Å²) in [6, 6.07) is -0.587. The summed E-state index contributed by atoms with van der Waals surface area (Å²) in [5.41, 5.74) is 4.87. The van der Waals surface area contributed by atoms with Crippen molar-refractivity contribution in [2.45, 2.75) is 55.1 Å². The molecule has 218 valence electrons. The predicted molar refractivity (Wildman–Crippen MR) is 139 cm³/mol. The molecule has 1 aromatic carbocycles. The number of thioether (sulfide) groups is 1. The lowest BCUT2D eigenvalue weighted by atomic mass is 10.1. The molecular formula is C23H30N6O10S. The van der Waals surface area contributed by atoms with E-state index in [1.54, 1.807) is 0 Å². The van der Waals surface area contributed by atoms with Crippen molar-refractivity contribution in [3.05, 3.63) is 33.9 Å². The third-order valence-corrected chi connectivity index (χ3v) is 6.89. The summed E-state index contributed by atoms with van der Waals surface area (Å²) in [6.45, 7) is -0.427. The molecule has 0 aromatic heterocycles. The second-order valence-electron chi connectivity index (χ2n) is 8.73. The van der Waals surface area contributed by atoms with Crippen molar-refractivity contribution >= 4 is 53.0 Å². The zero-order chi connectivity index (χ0) is 29.8. The SMILES string of the molecule is NCCCC[C@@H]1NC(=O)[C@H](CCC(=O)O)NC(=O)c2cc([N+](=O)[O-])ccc2SC[C@@H](C(=O)NCC(=O)O)NC1=O. The summed E-state index contributed by atoms with van der Waals surface area (Å²) < 4.78 is 0. The van der Waals surface area contributed by atoms with Gasteiger partial charge in [-0.1, -0.05) is 0 Å². The normalized spacial score (nSPS) is 19.8. The Kier molecular flexibility index (Phi) is 12.3. The predicted octanol–water partition coefficient (Wildman–Crippen LogP) is -1.04. The van der Waals surface area contributed by atoms with E-state index in [0.29, 0.717) is 19.4 Å². The van der Waals surface area contributed by atoms with Gasteiger partial charge in [0.15, 0.2) is 0 Å². The van der Waals surface area contributed by atoms with Crippen LogP contribution in [0.4, 0.5) is 5.69 Å². The zero-order valence-corrected chi connectivity index (χ0v) is 22.0. The Morgan fingerprint density at radius 2 is 1.70 bits per heavy atom. The molecule has 2 rings (SSSR count). The number of amides is 4. The van der Waals surface area contributed by atoms with Crippen LogP contribution < -0.4 is 27.0 Å². The number of carboxylic acids is 2. The van der Waals surface area contributed by atoms with Crippen molar-refractivity contribution in [2.75, 3.05) is 18.8 Å². The second kappa shape index (κ2) is 15.4. The van der Waals surface area contributed by atoms with Gasteiger partial charge in [-0.25, -0.2) is 0 Å². The summed E-state index contributed by atoms with van der Waals surface area (Å²) in [4.78, 5) is 85.2. The first-order valence-corrected chi connectivity index (χ1v) is 13.2. The highest BCUT2D eigenvalue weighted by atomic mass is 32.2. The van der Waals surface area contributed by atoms with Gasteiger partial charge in [0.25, 0.3) is 11.6 Å². The average Bonchev–Trinajstić information content (AvgIpc) is 2.90. The molecule has 1 heterocycles. The molecule has 0 radical (unpaired) electrons. The smallest absolute Gasteiger partial charge is 0.322 e. The number of carboxylic acid groups (broad SMARTS) is 2. The van der Waals surface area contributed by atoms with E-state index in [-0.39, 0.29) is 29.1 Å². The highest BCUT2D eigenvalue weighted by Gasteiger charge is 2.32. The third-order valence-electron chi connectivity index (χ3n) is 5.72. The molecular weight excluding hydrogens is 552 g/mol. The number of hydrogen-bond acceptors (Lipinski definition) is 10. The van der Waals surface area contributed by atoms with Crippen LogP contribution in [0.2, 0.25) is 0 Å². The fourth-order valence-corrected chi connectivity index (χ4v) is 4.71. The minimum atomic E-state index is -1.42. The number of nitrogens with one attached hydrogen (secondary N) is 4. The van der Waals surface area contributed by atoms with E-state index in [0.717, 1.165) is 23.9 Å². The van der Waals surface area contributed by atoms with Gasteiger partial charge in [-0.3, -0.25) is 38.9 Å². The van der Waals surface area contributed by atoms with E-state index in [1.165, 1.54) is 6.07 Å². The molecule has 0 saturated heterocycles. The van der Waals surface area contributed by atoms with Gasteiger partial charge in [-0.2, -0.15) is 0 Å². The minimum Gasteiger partial charge on any atom is -0.481 e. The van der Waals surface area contributed by atoms with Crippen LogP contribution in [0, 0.1) is 10.1 Å². The van der Waals surface area contributed by atoms with E-state index in [4.69, 9.17) is 15.9 Å². The summed E-state index contributed by atoms with van der Waals surface area (Å²) in [5, 5.41) is 38.9. The molecule has 40 heavy (non-hydrogen) atoms. The number of carbonyl (C=O) groups is 6. The Labute approximate surface area is 232 Å². The summed E-state index contributed by atoms with van der Waals surface area (Å²) in [5.74, 6) is -6.20. The van der Waals surface area contributed by atoms with Crippen LogP contribution in [0.5, 0.6) is 0 Å². The Bertz CT molecular complexity index is 1160. The van der Waals surface area contributed by atoms with E-state index in [9.17, 15) is 38.9 Å². The summed E-state index contributed by atoms with van der Waals surface area (Å²) in [7, 11) is 0. The first-order chi connectivity index (χ1) is 18.9. The number of hydrogen-bond donors (Lipinski definition) is 7. The number of nitro groups is 1. The van der Waals surface area contributed by atoms with Crippen molar-refractivity contribution < 1.29 is 43.9 Å². The molecule has 1 aromatic rings. The van der Waals surface area contributed by atoms with Crippen LogP contribution in [0.3, 0.4) is 0 Å². The van der Waals surface area contributed by atoms with E-state index >= 15 is 0 Å². The van der Waals surface area contributed by atoms with Crippen LogP contribution in [-0.4, -0.2) is 87.7 Å². The maximum Gasteiger partial charge on any atom is 0.322 e. The zero-order valence-electron chi connectivity index (χ0n) is 21.2. The highest BCUT2D eigenvalue weighted by Crippen LogP contribution is 2.28. The second-order valence-corrected chi connectivity index (χ2v) is 9.79. The van der Waals surface area contributed by atoms with Crippen LogP contribution in [0.1, 0.15) is 42.5 Å². The molecule has 17 heteroatoms. The maximum absolute atomic E-state index is 13.2. The fourth-order valence-electron chi connectivity index (χ4n) is 3.66. The summed E-state index contributed by atoms with van der Waals surface area (Å²) >= 11 is 0.886. The number of nitro benzene ring substituents is 1. The van der Waals surface area contributed by atoms with Gasteiger partial charge in [0.2, 0.25) is 17.7 Å². The molecule has 1 aliphatic heterocycles. The van der Waals surface area contributed by atoms with Gasteiger partial charge in [-0.15, -0.1) is 11.8 Å². The van der Waals surface area contributed by atoms with Gasteiger partial charge >= 0.3 is 11.9 Å². The van der Waals surface area contributed by atoms with Gasteiger partial charge in [0.05, 0.1) is 10.5 Å². The number of nitrogens with two attached hydrogens (primary N) is 1. The van der Waals surface area contributed by atoms with E-state index in [2.05, 4.69) is 21.3 Å². The number of fused-ring (bicyclic) bond motifs is 1. The van der Waals surface area contributed by atoms with Crippen molar-refractivity contribution in [1.29, 1.82) is 0 Å². The molecule has 0 fully saturated rings. The number of aliphatic carboxylic acids is 2. The number of rotatable bonds is 11. The Morgan fingerprint density at radius 1 is 1.02 bits per heavy atom. The number of nitrogens with zero attached hydrogens (tertiary/aromatic N) is 1. The Hall–Kier alpha value is -4.25. The van der Waals surface area contributed by atoms with Crippen LogP contribution in [-0.2, 0) is 24.0 Å². The highest BCUT2D eigenvalue weighted by molar-refractivity contribution is 7.99. The van der Waals surface area contributed by atoms with Gasteiger partial charge in [0, 0.05) is 29.2 Å². The number of carbonyl (C=O) groups excluding carboxylic acids is 4. The van der Waals surface area contributed by atoms with E-state index < -0.39 is 77.3 Å². The Balaban J connectivity index is 2.53. The molecule has 0 spiro atoms. The minimum absolute atomic E-state index is 0.0946. The van der Waals surface area contributed by atoms with Crippen LogP contribution >= 0.6 is 11.8 Å². The van der Waals surface area contributed by atoms with Gasteiger partial charge in [-0.05, 0) is 38.3 Å². The topological polar surface area (TPSA) is 260 Å². The first kappa shape index (κ1) is 32.0. The lowest BCUT2D eigenvalue weighted by Crippen LogP contribution is -2.57. The lowest BCUT2D eigenvalue weighted by Gasteiger charge is -2.24. The molecule has 0 aliphatic carbocycles. The van der Waals surface area contributed by atoms with Gasteiger partial charge < -0.3 is 37.2 Å². The van der Waals surface area contributed by atoms with Crippen molar-refractivity contribution in [3.8, 4) is 0 Å². The van der Waals surface area contributed by atoms with Crippen LogP contribution in [0.15, 0.2) is 23.1 Å². The molecule has 16 nitrogen and oxygen atoms in total. The maximum atomic E-state index is 13.2. The number of unbranched alkanes of at least 4 members (excludes halogenated alkanes) is 1. The molecule has 8 N–H and O–H groups in total. The van der Waals surface area contributed by atoms with E-state index in [1.807, 2.05) is 0 Å². The quantitative estimate of drug-likeness (QED) is 0.0938. The van der Waals surface area contributed by atoms with Crippen molar-refractivity contribution in [1.82, 2.24) is 21.3 Å². The standard InChI is InChI=1S/C23H30N6O10S/c24-8-2-1-3-14-22(36)28-16(21(35)25-10-19(32)33)11-40-17-6-4-12(29(38)39)9-13(17)20(34)26-15(23(37)27-14)5-7-18(30)31/h4,6,9,14-16H,1-3,5,7-8,10-11,24H2,(H,25,35)(H,26,34)(H,27,37)(H,28,36)(H,30,31)(H,32,33)/t14-,15-,16-/m0/s1. The number of benzene rings is 1. The van der Waals surface area contributed by atoms with Crippen LogP contribution in [0.25, 0.3) is 0 Å². The molecule has 0 saturated carbocycles. The first-order valence-electron chi connectivity index (χ1n) is 12.2. The molecule has 0 bridgehead atoms. The molecule has 1 aliphatic rings. The third kappa shape index (κ3) is 9.81. The summed E-state index contributed by atoms with van der Waals surface area (Å²) in [6.07, 6.45) is 0.149. The van der Waals surface area contributed by atoms with Crippen molar-refractivity contribution in [2.24, 2.45) is 5.73 Å². The van der Waals surface area contributed by atoms with Gasteiger partial charge in [0.1, 0.15) is 24.7 Å². The fraction of sp³-hybridized carbons (Fsp3) is 0.478. The molecule has 0 unspecified atom stereocenters. The molecule has 3 atom stereocenters. The molecule has 4 amide bonds. The lowest BCUT2D eigenvalue weighted by molar-refractivity contribution is -0.384.